The van der Waals surface area contributed by atoms with E-state index < -0.39 is 0 Å². The minimum atomic E-state index is -0.180. The van der Waals surface area contributed by atoms with Crippen LogP contribution in [0.5, 0.6) is 0 Å². The van der Waals surface area contributed by atoms with Gasteiger partial charge in [-0.15, -0.1) is 0 Å². The van der Waals surface area contributed by atoms with E-state index >= 15 is 0 Å². The first-order valence-electron chi connectivity index (χ1n) is 7.36. The first-order valence-corrected chi connectivity index (χ1v) is 7.36. The van der Waals surface area contributed by atoms with Gasteiger partial charge in [0, 0.05) is 31.2 Å². The number of ether oxygens (including phenoxy) is 1. The molecule has 22 heavy (non-hydrogen) atoms. The van der Waals surface area contributed by atoms with Crippen molar-refractivity contribution in [2.45, 2.75) is 31.9 Å². The molecule has 0 atom stereocenters. The quantitative estimate of drug-likeness (QED) is 0.911. The number of anilines is 1. The van der Waals surface area contributed by atoms with Crippen LogP contribution in [0.25, 0.3) is 5.69 Å². The summed E-state index contributed by atoms with van der Waals surface area (Å²) in [7, 11) is 1.70. The highest BCUT2D eigenvalue weighted by molar-refractivity contribution is 5.90. The van der Waals surface area contributed by atoms with Gasteiger partial charge in [0.05, 0.1) is 11.8 Å². The molecule has 2 amide bonds. The third-order valence-corrected chi connectivity index (χ3v) is 4.00. The minimum absolute atomic E-state index is 0.180. The number of aromatic nitrogens is 2. The maximum Gasteiger partial charge on any atom is 0.319 e. The number of benzene rings is 1. The van der Waals surface area contributed by atoms with Crippen LogP contribution in [0.3, 0.4) is 0 Å². The molecule has 2 N–H and O–H groups in total. The minimum Gasteiger partial charge on any atom is -0.381 e. The van der Waals surface area contributed by atoms with Gasteiger partial charge < -0.3 is 15.4 Å². The Bertz CT molecular complexity index is 648. The third kappa shape index (κ3) is 3.12. The summed E-state index contributed by atoms with van der Waals surface area (Å²) >= 11 is 0. The van der Waals surface area contributed by atoms with Gasteiger partial charge in [-0.25, -0.2) is 9.48 Å². The number of rotatable bonds is 4. The Hall–Kier alpha value is -2.34. The number of methoxy groups -OCH3 is 1. The summed E-state index contributed by atoms with van der Waals surface area (Å²) in [5.74, 6) is 0. The van der Waals surface area contributed by atoms with Crippen LogP contribution in [0.1, 0.15) is 18.4 Å². The maximum atomic E-state index is 12.1. The van der Waals surface area contributed by atoms with Crippen LogP contribution in [0.2, 0.25) is 0 Å². The number of nitrogens with zero attached hydrogens (tertiary/aromatic N) is 2. The number of hydrogen-bond acceptors (Lipinski definition) is 3. The molecule has 3 rings (SSSR count). The van der Waals surface area contributed by atoms with Gasteiger partial charge in [-0.3, -0.25) is 0 Å². The second kappa shape index (κ2) is 6.19. The normalized spacial score (nSPS) is 20.3. The Morgan fingerprint density at radius 3 is 2.91 bits per heavy atom. The summed E-state index contributed by atoms with van der Waals surface area (Å²) in [4.78, 5) is 12.1. The van der Waals surface area contributed by atoms with Crippen LogP contribution >= 0.6 is 0 Å². The first kappa shape index (κ1) is 14.6. The van der Waals surface area contributed by atoms with Gasteiger partial charge in [-0.1, -0.05) is 6.07 Å². The lowest BCUT2D eigenvalue weighted by Gasteiger charge is -2.34. The lowest BCUT2D eigenvalue weighted by molar-refractivity contribution is 0.0210. The number of carbonyl (C=O) groups is 1. The number of aryl methyl sites for hydroxylation is 1. The zero-order chi connectivity index (χ0) is 15.5. The molecular weight excluding hydrogens is 280 g/mol. The molecule has 1 aromatic carbocycles. The van der Waals surface area contributed by atoms with Crippen LogP contribution in [-0.4, -0.2) is 35.1 Å². The number of hydrogen-bond donors (Lipinski definition) is 2. The highest BCUT2D eigenvalue weighted by Crippen LogP contribution is 2.23. The fourth-order valence-corrected chi connectivity index (χ4v) is 2.53. The van der Waals surface area contributed by atoms with Gasteiger partial charge in [0.1, 0.15) is 0 Å². The summed E-state index contributed by atoms with van der Waals surface area (Å²) in [6, 6.07) is 7.74. The average Bonchev–Trinajstić information content (AvgIpc) is 2.99. The van der Waals surface area contributed by atoms with E-state index in [-0.39, 0.29) is 18.2 Å². The SMILES string of the molecule is COC1CC(NC(=O)Nc2cc(-n3cccn3)ccc2C)C1. The van der Waals surface area contributed by atoms with Crippen molar-refractivity contribution in [1.29, 1.82) is 0 Å². The van der Waals surface area contributed by atoms with E-state index in [2.05, 4.69) is 15.7 Å². The van der Waals surface area contributed by atoms with Gasteiger partial charge in [0.25, 0.3) is 0 Å². The largest absolute Gasteiger partial charge is 0.381 e. The summed E-state index contributed by atoms with van der Waals surface area (Å²) in [6.07, 6.45) is 5.61. The Morgan fingerprint density at radius 1 is 1.41 bits per heavy atom. The van der Waals surface area contributed by atoms with E-state index in [1.807, 2.05) is 37.4 Å². The third-order valence-electron chi connectivity index (χ3n) is 4.00. The lowest BCUT2D eigenvalue weighted by atomic mass is 9.89. The molecule has 6 heteroatoms. The molecule has 1 aromatic heterocycles. The predicted octanol–water partition coefficient (Wildman–Crippen LogP) is 2.48. The molecule has 0 radical (unpaired) electrons. The molecule has 1 aliphatic carbocycles. The summed E-state index contributed by atoms with van der Waals surface area (Å²) < 4.78 is 6.97. The van der Waals surface area contributed by atoms with Crippen molar-refractivity contribution >= 4 is 11.7 Å². The molecule has 0 aliphatic heterocycles. The van der Waals surface area contributed by atoms with Crippen molar-refractivity contribution in [2.24, 2.45) is 0 Å². The number of urea groups is 1. The van der Waals surface area contributed by atoms with Gasteiger partial charge in [-0.2, -0.15) is 5.10 Å². The highest BCUT2D eigenvalue weighted by atomic mass is 16.5. The molecule has 0 unspecified atom stereocenters. The summed E-state index contributed by atoms with van der Waals surface area (Å²) in [5.41, 5.74) is 2.71. The van der Waals surface area contributed by atoms with Gasteiger partial charge in [0.15, 0.2) is 0 Å². The lowest BCUT2D eigenvalue weighted by Crippen LogP contribution is -2.48. The Labute approximate surface area is 129 Å². The van der Waals surface area contributed by atoms with E-state index in [4.69, 9.17) is 4.74 Å². The van der Waals surface area contributed by atoms with E-state index in [0.29, 0.717) is 0 Å². The van der Waals surface area contributed by atoms with E-state index in [9.17, 15) is 4.79 Å². The fourth-order valence-electron chi connectivity index (χ4n) is 2.53. The topological polar surface area (TPSA) is 68.2 Å². The standard InChI is InChI=1S/C16H20N4O2/c1-11-4-5-13(20-7-3-6-17-20)10-15(11)19-16(21)18-12-8-14(9-12)22-2/h3-7,10,12,14H,8-9H2,1-2H3,(H2,18,19,21). The van der Waals surface area contributed by atoms with E-state index in [1.165, 1.54) is 0 Å². The van der Waals surface area contributed by atoms with Gasteiger partial charge >= 0.3 is 6.03 Å². The molecule has 0 spiro atoms. The second-order valence-electron chi connectivity index (χ2n) is 5.57. The van der Waals surface area contributed by atoms with Crippen LogP contribution in [0, 0.1) is 6.92 Å². The molecule has 6 nitrogen and oxygen atoms in total. The van der Waals surface area contributed by atoms with Crippen LogP contribution in [-0.2, 0) is 4.74 Å². The Kier molecular flexibility index (Phi) is 4.11. The molecule has 2 aromatic rings. The molecule has 1 saturated carbocycles. The zero-order valence-electron chi connectivity index (χ0n) is 12.7. The van der Waals surface area contributed by atoms with E-state index in [0.717, 1.165) is 29.8 Å². The predicted molar refractivity (Wildman–Crippen MR) is 84.3 cm³/mol. The fraction of sp³-hybridized carbons (Fsp3) is 0.375. The van der Waals surface area contributed by atoms with Crippen LogP contribution in [0.4, 0.5) is 10.5 Å². The average molecular weight is 300 g/mol. The second-order valence-corrected chi connectivity index (χ2v) is 5.57. The molecule has 1 aliphatic rings. The molecule has 1 fully saturated rings. The zero-order valence-corrected chi connectivity index (χ0v) is 12.7. The van der Waals surface area contributed by atoms with Crippen molar-refractivity contribution in [3.05, 3.63) is 42.2 Å². The Morgan fingerprint density at radius 2 is 2.23 bits per heavy atom. The van der Waals surface area contributed by atoms with Crippen LogP contribution < -0.4 is 10.6 Å². The van der Waals surface area contributed by atoms with Gasteiger partial charge in [0.2, 0.25) is 0 Å². The van der Waals surface area contributed by atoms with Crippen molar-refractivity contribution in [2.75, 3.05) is 12.4 Å². The van der Waals surface area contributed by atoms with Gasteiger partial charge in [-0.05, 0) is 43.5 Å². The van der Waals surface area contributed by atoms with Crippen molar-refractivity contribution in [3.63, 3.8) is 0 Å². The van der Waals surface area contributed by atoms with Crippen molar-refractivity contribution in [3.8, 4) is 5.69 Å². The number of carbonyl (C=O) groups excluding carboxylic acids is 1. The molecule has 0 saturated heterocycles. The molecular formula is C16H20N4O2. The molecule has 1 heterocycles. The maximum absolute atomic E-state index is 12.1. The summed E-state index contributed by atoms with van der Waals surface area (Å²) in [6.45, 7) is 1.97. The highest BCUT2D eigenvalue weighted by Gasteiger charge is 2.30. The first-order chi connectivity index (χ1) is 10.7. The van der Waals surface area contributed by atoms with Crippen LogP contribution in [0.15, 0.2) is 36.7 Å². The molecule has 0 bridgehead atoms. The smallest absolute Gasteiger partial charge is 0.319 e. The summed E-state index contributed by atoms with van der Waals surface area (Å²) in [5, 5.41) is 10.1. The number of nitrogens with one attached hydrogen (secondary N) is 2. The number of amides is 2. The van der Waals surface area contributed by atoms with Crippen molar-refractivity contribution < 1.29 is 9.53 Å². The Balaban J connectivity index is 1.64. The van der Waals surface area contributed by atoms with E-state index in [1.54, 1.807) is 18.0 Å². The molecule has 116 valence electrons. The monoisotopic (exact) mass is 300 g/mol. The van der Waals surface area contributed by atoms with Crippen molar-refractivity contribution in [1.82, 2.24) is 15.1 Å².